The van der Waals surface area contributed by atoms with Gasteiger partial charge in [-0.3, -0.25) is 0 Å². The first-order chi connectivity index (χ1) is 10.2. The normalized spacial score (nSPS) is 14.3. The minimum absolute atomic E-state index is 0.134. The Morgan fingerprint density at radius 3 is 1.48 bits per heavy atom. The Morgan fingerprint density at radius 2 is 1.22 bits per heavy atom. The predicted molar refractivity (Wildman–Crippen MR) is 117 cm³/mol. The Hall–Kier alpha value is 0.220. The van der Waals surface area contributed by atoms with Crippen LogP contribution in [0.15, 0.2) is 12.1 Å². The second kappa shape index (κ2) is 7.22. The molecule has 0 saturated heterocycles. The van der Waals surface area contributed by atoms with Crippen LogP contribution in [0.25, 0.3) is 0 Å². The summed E-state index contributed by atoms with van der Waals surface area (Å²) in [6.45, 7) is 20.9. The molecule has 1 aromatic carbocycles. The Labute approximate surface area is 158 Å². The van der Waals surface area contributed by atoms with Gasteiger partial charge in [-0.25, -0.2) is 0 Å². The molecule has 0 unspecified atom stereocenters. The van der Waals surface area contributed by atoms with Crippen molar-refractivity contribution in [3.8, 4) is 0 Å². The SMILES string of the molecule is CSC(Br)=Pc1c(C(C)(C)C)cc(C(C)(C)C)cc1C(C)(C)C. The lowest BCUT2D eigenvalue weighted by Gasteiger charge is -2.32. The first-order valence-corrected chi connectivity index (χ1v) is 11.1. The molecule has 0 fully saturated rings. The van der Waals surface area contributed by atoms with E-state index in [9.17, 15) is 0 Å². The van der Waals surface area contributed by atoms with E-state index >= 15 is 0 Å². The molecule has 0 spiro atoms. The molecule has 0 amide bonds. The molecule has 1 aromatic rings. The Balaban J connectivity index is 3.90. The summed E-state index contributed by atoms with van der Waals surface area (Å²) in [5.74, 6) is 0. The highest BCUT2D eigenvalue weighted by atomic mass is 79.9. The lowest BCUT2D eigenvalue weighted by molar-refractivity contribution is 0.554. The van der Waals surface area contributed by atoms with Gasteiger partial charge >= 0.3 is 0 Å². The molecule has 0 N–H and O–H groups in total. The molecule has 0 heterocycles. The van der Waals surface area contributed by atoms with Crippen molar-refractivity contribution in [2.24, 2.45) is 0 Å². The van der Waals surface area contributed by atoms with Crippen molar-refractivity contribution in [1.29, 1.82) is 0 Å². The van der Waals surface area contributed by atoms with Gasteiger partial charge in [-0.15, -0.1) is 11.8 Å². The van der Waals surface area contributed by atoms with E-state index in [1.165, 1.54) is 33.7 Å². The molecule has 0 aliphatic rings. The fraction of sp³-hybridized carbons (Fsp3) is 0.650. The number of halogens is 1. The monoisotopic (exact) mass is 414 g/mol. The fourth-order valence-corrected chi connectivity index (χ4v) is 4.85. The van der Waals surface area contributed by atoms with Gasteiger partial charge in [-0.05, 0) is 63.3 Å². The van der Waals surface area contributed by atoms with E-state index in [0.717, 1.165) is 0 Å². The van der Waals surface area contributed by atoms with E-state index in [1.807, 2.05) is 0 Å². The topological polar surface area (TPSA) is 0 Å². The summed E-state index contributed by atoms with van der Waals surface area (Å²) in [7, 11) is 1.28. The number of hydrogen-bond donors (Lipinski definition) is 0. The van der Waals surface area contributed by atoms with Gasteiger partial charge in [-0.2, -0.15) is 0 Å². The highest BCUT2D eigenvalue weighted by Gasteiger charge is 2.28. The van der Waals surface area contributed by atoms with E-state index < -0.39 is 0 Å². The third-order valence-corrected chi connectivity index (χ3v) is 7.50. The molecular weight excluding hydrogens is 383 g/mol. The van der Waals surface area contributed by atoms with Gasteiger partial charge in [0.2, 0.25) is 0 Å². The maximum atomic E-state index is 3.74. The van der Waals surface area contributed by atoms with Crippen LogP contribution in [-0.2, 0) is 16.2 Å². The zero-order valence-electron chi connectivity index (χ0n) is 16.4. The first kappa shape index (κ1) is 21.3. The summed E-state index contributed by atoms with van der Waals surface area (Å²) in [6, 6.07) is 4.89. The first-order valence-electron chi connectivity index (χ1n) is 8.15. The average Bonchev–Trinajstić information content (AvgIpc) is 2.34. The van der Waals surface area contributed by atoms with E-state index in [-0.39, 0.29) is 16.2 Å². The molecule has 3 heteroatoms. The number of thioether (sulfide) groups is 1. The fourth-order valence-electron chi connectivity index (χ4n) is 2.46. The smallest absolute Gasteiger partial charge is 0.0776 e. The summed E-state index contributed by atoms with van der Waals surface area (Å²) in [5.41, 5.74) is 4.82. The number of benzene rings is 1. The van der Waals surface area contributed by atoms with Gasteiger partial charge in [0.15, 0.2) is 0 Å². The van der Waals surface area contributed by atoms with E-state index in [1.54, 1.807) is 11.8 Å². The zero-order chi connectivity index (χ0) is 18.2. The summed E-state index contributed by atoms with van der Waals surface area (Å²) in [6.07, 6.45) is 2.13. The molecule has 0 bridgehead atoms. The molecule has 0 atom stereocenters. The van der Waals surface area contributed by atoms with Crippen molar-refractivity contribution in [2.75, 3.05) is 6.26 Å². The van der Waals surface area contributed by atoms with Crippen molar-refractivity contribution >= 4 is 44.7 Å². The molecule has 0 nitrogen and oxygen atoms in total. The van der Waals surface area contributed by atoms with E-state index in [4.69, 9.17) is 0 Å². The van der Waals surface area contributed by atoms with Crippen LogP contribution in [0.2, 0.25) is 0 Å². The van der Waals surface area contributed by atoms with Crippen LogP contribution in [0.5, 0.6) is 0 Å². The van der Waals surface area contributed by atoms with Gasteiger partial charge in [0.25, 0.3) is 0 Å². The minimum atomic E-state index is 0.134. The highest BCUT2D eigenvalue weighted by Crippen LogP contribution is 2.36. The molecule has 0 aliphatic heterocycles. The van der Waals surface area contributed by atoms with Crippen LogP contribution in [0.4, 0.5) is 0 Å². The van der Waals surface area contributed by atoms with Crippen molar-refractivity contribution in [3.05, 3.63) is 28.8 Å². The van der Waals surface area contributed by atoms with Gasteiger partial charge < -0.3 is 0 Å². The predicted octanol–water partition coefficient (Wildman–Crippen LogP) is 7.00. The Kier molecular flexibility index (Phi) is 6.68. The lowest BCUT2D eigenvalue weighted by Crippen LogP contribution is -2.29. The summed E-state index contributed by atoms with van der Waals surface area (Å²) in [5, 5.41) is 1.47. The summed E-state index contributed by atoms with van der Waals surface area (Å²) < 4.78 is 1.28. The Bertz CT molecular complexity index is 561. The minimum Gasteiger partial charge on any atom is -0.117 e. The zero-order valence-corrected chi connectivity index (χ0v) is 19.7. The molecule has 130 valence electrons. The maximum absolute atomic E-state index is 3.74. The summed E-state index contributed by atoms with van der Waals surface area (Å²) >= 11 is 5.53. The lowest BCUT2D eigenvalue weighted by atomic mass is 9.75. The molecule has 0 aliphatic carbocycles. The van der Waals surface area contributed by atoms with Gasteiger partial charge in [-0.1, -0.05) is 74.4 Å². The second-order valence-electron chi connectivity index (χ2n) is 9.24. The van der Waals surface area contributed by atoms with Crippen LogP contribution in [0.3, 0.4) is 0 Å². The van der Waals surface area contributed by atoms with Crippen LogP contribution in [0.1, 0.15) is 79.0 Å². The molecule has 0 radical (unpaired) electrons. The third-order valence-electron chi connectivity index (χ3n) is 3.96. The molecule has 23 heavy (non-hydrogen) atoms. The van der Waals surface area contributed by atoms with Crippen LogP contribution < -0.4 is 5.30 Å². The maximum Gasteiger partial charge on any atom is 0.0776 e. The van der Waals surface area contributed by atoms with Crippen LogP contribution >= 0.6 is 35.9 Å². The standard InChI is InChI=1S/C20H32BrPS/c1-18(2,3)13-11-14(19(4,5)6)16(22-17(21)23-10)15(12-13)20(7,8)9/h11-12H,1-10H3. The Morgan fingerprint density at radius 1 is 0.826 bits per heavy atom. The van der Waals surface area contributed by atoms with Crippen LogP contribution in [0, 0.1) is 0 Å². The van der Waals surface area contributed by atoms with Crippen molar-refractivity contribution < 1.29 is 0 Å². The van der Waals surface area contributed by atoms with Crippen molar-refractivity contribution in [3.63, 3.8) is 0 Å². The largest absolute Gasteiger partial charge is 0.117 e. The second-order valence-corrected chi connectivity index (χ2v) is 13.4. The van der Waals surface area contributed by atoms with Crippen molar-refractivity contribution in [1.82, 2.24) is 0 Å². The molecule has 0 saturated carbocycles. The summed E-state index contributed by atoms with van der Waals surface area (Å²) in [4.78, 5) is 0. The average molecular weight is 415 g/mol. The van der Waals surface area contributed by atoms with Gasteiger partial charge in [0, 0.05) is 5.30 Å². The quantitative estimate of drug-likeness (QED) is 0.469. The van der Waals surface area contributed by atoms with E-state index in [0.29, 0.717) is 0 Å². The third kappa shape index (κ3) is 5.62. The molecule has 0 aromatic heterocycles. The highest BCUT2D eigenvalue weighted by molar-refractivity contribution is 9.23. The molecule has 1 rings (SSSR count). The number of hydrogen-bond acceptors (Lipinski definition) is 1. The number of rotatable bonds is 2. The van der Waals surface area contributed by atoms with E-state index in [2.05, 4.69) is 96.6 Å². The molecular formula is C20H32BrPS. The van der Waals surface area contributed by atoms with Crippen molar-refractivity contribution in [2.45, 2.75) is 78.6 Å². The van der Waals surface area contributed by atoms with Crippen LogP contribution in [-0.4, -0.2) is 9.79 Å². The van der Waals surface area contributed by atoms with Gasteiger partial charge in [0.1, 0.15) is 0 Å². The van der Waals surface area contributed by atoms with Gasteiger partial charge in [0.05, 0.1) is 3.53 Å².